The average Bonchev–Trinajstić information content (AvgIpc) is 2.47. The molecule has 0 aliphatic rings. The summed E-state index contributed by atoms with van der Waals surface area (Å²) in [5.41, 5.74) is 4.60. The molecule has 0 saturated carbocycles. The van der Waals surface area contributed by atoms with Gasteiger partial charge >= 0.3 is 0 Å². The van der Waals surface area contributed by atoms with Crippen molar-refractivity contribution in [3.63, 3.8) is 0 Å². The van der Waals surface area contributed by atoms with E-state index in [-0.39, 0.29) is 0 Å². The van der Waals surface area contributed by atoms with Crippen LogP contribution in [0.3, 0.4) is 0 Å². The van der Waals surface area contributed by atoms with Crippen LogP contribution >= 0.6 is 11.8 Å². The first-order valence-electron chi connectivity index (χ1n) is 7.32. The molecule has 0 radical (unpaired) electrons. The minimum Gasteiger partial charge on any atom is -0.313 e. The summed E-state index contributed by atoms with van der Waals surface area (Å²) < 4.78 is 0. The van der Waals surface area contributed by atoms with E-state index in [9.17, 15) is 0 Å². The van der Waals surface area contributed by atoms with Crippen molar-refractivity contribution in [3.05, 3.63) is 46.8 Å². The van der Waals surface area contributed by atoms with E-state index in [2.05, 4.69) is 53.4 Å². The predicted molar refractivity (Wildman–Crippen MR) is 88.9 cm³/mol. The van der Waals surface area contributed by atoms with E-state index in [4.69, 9.17) is 0 Å². The van der Waals surface area contributed by atoms with Gasteiger partial charge in [0, 0.05) is 22.3 Å². The summed E-state index contributed by atoms with van der Waals surface area (Å²) >= 11 is 1.65. The molecule has 3 nitrogen and oxygen atoms in total. The zero-order valence-corrected chi connectivity index (χ0v) is 14.2. The molecule has 0 aliphatic carbocycles. The van der Waals surface area contributed by atoms with Gasteiger partial charge in [0.25, 0.3) is 0 Å². The van der Waals surface area contributed by atoms with Gasteiger partial charge in [-0.25, -0.2) is 9.97 Å². The number of nitrogens with zero attached hydrogens (tertiary/aromatic N) is 2. The molecule has 1 aromatic carbocycles. The van der Waals surface area contributed by atoms with Gasteiger partial charge in [0.15, 0.2) is 5.16 Å². The summed E-state index contributed by atoms with van der Waals surface area (Å²) in [5, 5.41) is 4.20. The Kier molecular flexibility index (Phi) is 5.37. The third-order valence-electron chi connectivity index (χ3n) is 3.86. The second kappa shape index (κ2) is 7.05. The summed E-state index contributed by atoms with van der Waals surface area (Å²) in [6, 6.07) is 8.85. The molecule has 2 aromatic rings. The van der Waals surface area contributed by atoms with Gasteiger partial charge in [-0.05, 0) is 63.2 Å². The lowest BCUT2D eigenvalue weighted by Gasteiger charge is -2.18. The molecule has 0 aliphatic heterocycles. The van der Waals surface area contributed by atoms with Crippen molar-refractivity contribution < 1.29 is 0 Å². The highest BCUT2D eigenvalue weighted by Crippen LogP contribution is 2.32. The van der Waals surface area contributed by atoms with Crippen LogP contribution in [0.2, 0.25) is 0 Å². The van der Waals surface area contributed by atoms with Gasteiger partial charge in [-0.2, -0.15) is 0 Å². The van der Waals surface area contributed by atoms with E-state index in [1.165, 1.54) is 16.0 Å². The molecule has 0 bridgehead atoms. The van der Waals surface area contributed by atoms with Gasteiger partial charge < -0.3 is 5.32 Å². The van der Waals surface area contributed by atoms with Crippen LogP contribution in [0.25, 0.3) is 0 Å². The smallest absolute Gasteiger partial charge is 0.192 e. The minimum atomic E-state index is 0.362. The molecule has 21 heavy (non-hydrogen) atoms. The average molecular weight is 301 g/mol. The van der Waals surface area contributed by atoms with Gasteiger partial charge in [-0.3, -0.25) is 0 Å². The van der Waals surface area contributed by atoms with Crippen LogP contribution in [-0.4, -0.2) is 17.0 Å². The second-order valence-corrected chi connectivity index (χ2v) is 6.20. The Balaban J connectivity index is 2.36. The highest BCUT2D eigenvalue weighted by molar-refractivity contribution is 7.99. The van der Waals surface area contributed by atoms with Crippen molar-refractivity contribution >= 4 is 11.8 Å². The number of hydrogen-bond acceptors (Lipinski definition) is 4. The fourth-order valence-corrected chi connectivity index (χ4v) is 3.36. The first kappa shape index (κ1) is 16.0. The SMILES string of the molecule is CCC(NC)c1ccccc1Sc1nc(C)c(C)c(C)n1. The van der Waals surface area contributed by atoms with Crippen molar-refractivity contribution in [2.45, 2.75) is 50.2 Å². The first-order valence-corrected chi connectivity index (χ1v) is 8.14. The number of rotatable bonds is 5. The fourth-order valence-electron chi connectivity index (χ4n) is 2.33. The zero-order chi connectivity index (χ0) is 15.4. The van der Waals surface area contributed by atoms with Crippen LogP contribution in [0.4, 0.5) is 0 Å². The Morgan fingerprint density at radius 1 is 1.10 bits per heavy atom. The maximum absolute atomic E-state index is 4.61. The normalized spacial score (nSPS) is 12.4. The van der Waals surface area contributed by atoms with E-state index in [1.54, 1.807) is 11.8 Å². The minimum absolute atomic E-state index is 0.362. The summed E-state index contributed by atoms with van der Waals surface area (Å²) in [7, 11) is 2.01. The molecule has 112 valence electrons. The van der Waals surface area contributed by atoms with Gasteiger partial charge in [0.2, 0.25) is 0 Å². The summed E-state index contributed by atoms with van der Waals surface area (Å²) in [4.78, 5) is 10.4. The van der Waals surface area contributed by atoms with Gasteiger partial charge in [-0.15, -0.1) is 0 Å². The number of aromatic nitrogens is 2. The van der Waals surface area contributed by atoms with Crippen molar-refractivity contribution in [2.24, 2.45) is 0 Å². The Bertz CT molecular complexity index is 598. The van der Waals surface area contributed by atoms with Crippen LogP contribution in [-0.2, 0) is 0 Å². The lowest BCUT2D eigenvalue weighted by atomic mass is 10.1. The number of aryl methyl sites for hydroxylation is 2. The van der Waals surface area contributed by atoms with E-state index in [1.807, 2.05) is 20.9 Å². The third kappa shape index (κ3) is 3.63. The molecule has 0 amide bonds. The molecule has 2 rings (SSSR count). The Hall–Kier alpha value is -1.39. The van der Waals surface area contributed by atoms with Crippen LogP contribution in [0.1, 0.15) is 41.9 Å². The molecule has 1 atom stereocenters. The molecular formula is C17H23N3S. The Labute approximate surface area is 131 Å². The second-order valence-electron chi connectivity index (χ2n) is 5.19. The predicted octanol–water partition coefficient (Wildman–Crippen LogP) is 4.22. The van der Waals surface area contributed by atoms with Gasteiger partial charge in [0.1, 0.15) is 0 Å². The fraction of sp³-hybridized carbons (Fsp3) is 0.412. The molecular weight excluding hydrogens is 278 g/mol. The molecule has 1 heterocycles. The standard InChI is InChI=1S/C17H23N3S/c1-6-15(18-5)14-9-7-8-10-16(14)21-17-19-12(3)11(2)13(4)20-17/h7-10,15,18H,6H2,1-5H3. The highest BCUT2D eigenvalue weighted by atomic mass is 32.2. The largest absolute Gasteiger partial charge is 0.313 e. The molecule has 1 unspecified atom stereocenters. The first-order chi connectivity index (χ1) is 10.1. The zero-order valence-electron chi connectivity index (χ0n) is 13.4. The van der Waals surface area contributed by atoms with Crippen LogP contribution in [0.5, 0.6) is 0 Å². The van der Waals surface area contributed by atoms with E-state index >= 15 is 0 Å². The topological polar surface area (TPSA) is 37.8 Å². The van der Waals surface area contributed by atoms with Crippen LogP contribution < -0.4 is 5.32 Å². The summed E-state index contributed by atoms with van der Waals surface area (Å²) in [6.07, 6.45) is 1.06. The molecule has 1 N–H and O–H groups in total. The van der Waals surface area contributed by atoms with Crippen molar-refractivity contribution in [1.82, 2.24) is 15.3 Å². The molecule has 0 saturated heterocycles. The molecule has 4 heteroatoms. The Morgan fingerprint density at radius 3 is 2.29 bits per heavy atom. The maximum atomic E-state index is 4.61. The van der Waals surface area contributed by atoms with Crippen molar-refractivity contribution in [3.8, 4) is 0 Å². The molecule has 1 aromatic heterocycles. The number of hydrogen-bond donors (Lipinski definition) is 1. The highest BCUT2D eigenvalue weighted by Gasteiger charge is 2.14. The quantitative estimate of drug-likeness (QED) is 0.839. The van der Waals surface area contributed by atoms with Crippen molar-refractivity contribution in [1.29, 1.82) is 0 Å². The molecule has 0 fully saturated rings. The van der Waals surface area contributed by atoms with Crippen molar-refractivity contribution in [2.75, 3.05) is 7.05 Å². The summed E-state index contributed by atoms with van der Waals surface area (Å²) in [6.45, 7) is 8.35. The van der Waals surface area contributed by atoms with E-state index < -0.39 is 0 Å². The number of benzene rings is 1. The maximum Gasteiger partial charge on any atom is 0.192 e. The van der Waals surface area contributed by atoms with Gasteiger partial charge in [0.05, 0.1) is 0 Å². The third-order valence-corrected chi connectivity index (χ3v) is 4.82. The Morgan fingerprint density at radius 2 is 1.71 bits per heavy atom. The van der Waals surface area contributed by atoms with Gasteiger partial charge in [-0.1, -0.05) is 25.1 Å². The van der Waals surface area contributed by atoms with Crippen LogP contribution in [0.15, 0.2) is 34.3 Å². The summed E-state index contributed by atoms with van der Waals surface area (Å²) in [5.74, 6) is 0. The molecule has 0 spiro atoms. The monoisotopic (exact) mass is 301 g/mol. The van der Waals surface area contributed by atoms with E-state index in [0.29, 0.717) is 6.04 Å². The lowest BCUT2D eigenvalue weighted by Crippen LogP contribution is -2.16. The lowest BCUT2D eigenvalue weighted by molar-refractivity contribution is 0.568. The van der Waals surface area contributed by atoms with Crippen LogP contribution in [0, 0.1) is 20.8 Å². The number of nitrogens with one attached hydrogen (secondary N) is 1. The van der Waals surface area contributed by atoms with E-state index in [0.717, 1.165) is 23.0 Å².